The molecule has 0 aliphatic heterocycles. The van der Waals surface area contributed by atoms with Gasteiger partial charge in [0.15, 0.2) is 0 Å². The highest BCUT2D eigenvalue weighted by Gasteiger charge is 1.98. The maximum absolute atomic E-state index is 6.03. The fourth-order valence-corrected chi connectivity index (χ4v) is 1.53. The lowest BCUT2D eigenvalue weighted by Crippen LogP contribution is -2.20. The second-order valence-corrected chi connectivity index (χ2v) is 4.64. The molecule has 3 heteroatoms. The third-order valence-electron chi connectivity index (χ3n) is 2.15. The first kappa shape index (κ1) is 13.5. The highest BCUT2D eigenvalue weighted by atomic mass is 35.5. The van der Waals surface area contributed by atoms with Crippen LogP contribution >= 0.6 is 11.6 Å². The van der Waals surface area contributed by atoms with Gasteiger partial charge in [0.25, 0.3) is 0 Å². The van der Waals surface area contributed by atoms with E-state index in [1.807, 2.05) is 24.3 Å². The van der Waals surface area contributed by atoms with Crippen molar-refractivity contribution >= 4 is 11.6 Å². The van der Waals surface area contributed by atoms with Crippen molar-refractivity contribution in [1.29, 1.82) is 0 Å². The lowest BCUT2D eigenvalue weighted by Gasteiger charge is -2.08. The van der Waals surface area contributed by atoms with Crippen LogP contribution in [0.4, 0.5) is 0 Å². The Morgan fingerprint density at radius 3 is 2.75 bits per heavy atom. The van der Waals surface area contributed by atoms with Crippen LogP contribution < -0.4 is 5.32 Å². The van der Waals surface area contributed by atoms with E-state index in [1.165, 1.54) is 0 Å². The fraction of sp³-hybridized carbons (Fsp3) is 0.538. The van der Waals surface area contributed by atoms with E-state index in [0.717, 1.165) is 36.9 Å². The molecule has 90 valence electrons. The molecule has 0 unspecified atom stereocenters. The molecule has 0 atom stereocenters. The standard InChI is InChI=1S/C13H20ClNO/c1-11(2)10-16-8-7-15-9-12-5-3-4-6-13(12)14/h3-6,11,15H,7-10H2,1-2H3. The number of hydrogen-bond donors (Lipinski definition) is 1. The molecule has 1 aromatic rings. The summed E-state index contributed by atoms with van der Waals surface area (Å²) in [5, 5.41) is 4.12. The van der Waals surface area contributed by atoms with Gasteiger partial charge in [-0.05, 0) is 17.5 Å². The molecule has 0 spiro atoms. The molecular weight excluding hydrogens is 222 g/mol. The molecule has 2 nitrogen and oxygen atoms in total. The Bertz CT molecular complexity index is 302. The predicted octanol–water partition coefficient (Wildman–Crippen LogP) is 3.10. The van der Waals surface area contributed by atoms with Crippen LogP contribution in [0.5, 0.6) is 0 Å². The maximum Gasteiger partial charge on any atom is 0.0591 e. The van der Waals surface area contributed by atoms with E-state index in [2.05, 4.69) is 19.2 Å². The molecule has 0 saturated heterocycles. The SMILES string of the molecule is CC(C)COCCNCc1ccccc1Cl. The first-order valence-corrected chi connectivity index (χ1v) is 6.10. The summed E-state index contributed by atoms with van der Waals surface area (Å²) in [5.41, 5.74) is 1.13. The van der Waals surface area contributed by atoms with Crippen LogP contribution in [0.15, 0.2) is 24.3 Å². The summed E-state index contributed by atoms with van der Waals surface area (Å²) < 4.78 is 5.47. The molecular formula is C13H20ClNO. The zero-order chi connectivity index (χ0) is 11.8. The number of rotatable bonds is 7. The van der Waals surface area contributed by atoms with Crippen molar-refractivity contribution in [2.45, 2.75) is 20.4 Å². The third kappa shape index (κ3) is 5.50. The first-order chi connectivity index (χ1) is 7.70. The van der Waals surface area contributed by atoms with Gasteiger partial charge in [-0.3, -0.25) is 0 Å². The molecule has 0 aromatic heterocycles. The quantitative estimate of drug-likeness (QED) is 0.741. The summed E-state index contributed by atoms with van der Waals surface area (Å²) in [6, 6.07) is 7.88. The van der Waals surface area contributed by atoms with Gasteiger partial charge < -0.3 is 10.1 Å². The van der Waals surface area contributed by atoms with Crippen molar-refractivity contribution in [1.82, 2.24) is 5.32 Å². The van der Waals surface area contributed by atoms with Crippen molar-refractivity contribution in [3.8, 4) is 0 Å². The highest BCUT2D eigenvalue weighted by molar-refractivity contribution is 6.31. The fourth-order valence-electron chi connectivity index (χ4n) is 1.33. The second-order valence-electron chi connectivity index (χ2n) is 4.24. The summed E-state index contributed by atoms with van der Waals surface area (Å²) in [6.07, 6.45) is 0. The number of benzene rings is 1. The predicted molar refractivity (Wildman–Crippen MR) is 68.8 cm³/mol. The van der Waals surface area contributed by atoms with Crippen molar-refractivity contribution in [3.05, 3.63) is 34.9 Å². The summed E-state index contributed by atoms with van der Waals surface area (Å²) in [6.45, 7) is 7.54. The average molecular weight is 242 g/mol. The minimum absolute atomic E-state index is 0.601. The Labute approximate surface area is 103 Å². The largest absolute Gasteiger partial charge is 0.380 e. The van der Waals surface area contributed by atoms with Gasteiger partial charge in [-0.1, -0.05) is 43.6 Å². The molecule has 0 fully saturated rings. The van der Waals surface area contributed by atoms with Crippen LogP contribution in [0.25, 0.3) is 0 Å². The van der Waals surface area contributed by atoms with E-state index in [4.69, 9.17) is 16.3 Å². The molecule has 1 rings (SSSR count). The molecule has 0 bridgehead atoms. The zero-order valence-electron chi connectivity index (χ0n) is 10.0. The second kappa shape index (κ2) is 7.66. The molecule has 16 heavy (non-hydrogen) atoms. The summed E-state index contributed by atoms with van der Waals surface area (Å²) >= 11 is 6.03. The Kier molecular flexibility index (Phi) is 6.46. The van der Waals surface area contributed by atoms with E-state index < -0.39 is 0 Å². The lowest BCUT2D eigenvalue weighted by atomic mass is 10.2. The highest BCUT2D eigenvalue weighted by Crippen LogP contribution is 2.13. The van der Waals surface area contributed by atoms with E-state index in [9.17, 15) is 0 Å². The molecule has 0 aliphatic carbocycles. The van der Waals surface area contributed by atoms with E-state index in [-0.39, 0.29) is 0 Å². The Balaban J connectivity index is 2.10. The van der Waals surface area contributed by atoms with Gasteiger partial charge >= 0.3 is 0 Å². The molecule has 1 N–H and O–H groups in total. The minimum Gasteiger partial charge on any atom is -0.380 e. The maximum atomic E-state index is 6.03. The molecule has 0 aliphatic rings. The van der Waals surface area contributed by atoms with Gasteiger partial charge in [-0.25, -0.2) is 0 Å². The van der Waals surface area contributed by atoms with Gasteiger partial charge in [-0.2, -0.15) is 0 Å². The monoisotopic (exact) mass is 241 g/mol. The van der Waals surface area contributed by atoms with Crippen LogP contribution in [0, 0.1) is 5.92 Å². The van der Waals surface area contributed by atoms with Crippen LogP contribution in [-0.2, 0) is 11.3 Å². The average Bonchev–Trinajstić information content (AvgIpc) is 2.25. The van der Waals surface area contributed by atoms with Crippen molar-refractivity contribution in [3.63, 3.8) is 0 Å². The van der Waals surface area contributed by atoms with Crippen molar-refractivity contribution in [2.75, 3.05) is 19.8 Å². The van der Waals surface area contributed by atoms with E-state index in [1.54, 1.807) is 0 Å². The molecule has 0 amide bonds. The van der Waals surface area contributed by atoms with Gasteiger partial charge in [0.1, 0.15) is 0 Å². The van der Waals surface area contributed by atoms with Crippen LogP contribution in [0.3, 0.4) is 0 Å². The third-order valence-corrected chi connectivity index (χ3v) is 2.52. The van der Waals surface area contributed by atoms with Crippen LogP contribution in [-0.4, -0.2) is 19.8 Å². The normalized spacial score (nSPS) is 11.0. The molecule has 0 radical (unpaired) electrons. The number of halogens is 1. The smallest absolute Gasteiger partial charge is 0.0591 e. The molecule has 1 aromatic carbocycles. The summed E-state index contributed by atoms with van der Waals surface area (Å²) in [5.74, 6) is 0.601. The molecule has 0 saturated carbocycles. The first-order valence-electron chi connectivity index (χ1n) is 5.72. The minimum atomic E-state index is 0.601. The van der Waals surface area contributed by atoms with Gasteiger partial charge in [0, 0.05) is 24.7 Å². The summed E-state index contributed by atoms with van der Waals surface area (Å²) in [7, 11) is 0. The lowest BCUT2D eigenvalue weighted by molar-refractivity contribution is 0.111. The number of ether oxygens (including phenoxy) is 1. The molecule has 0 heterocycles. The van der Waals surface area contributed by atoms with Gasteiger partial charge in [0.05, 0.1) is 6.61 Å². The topological polar surface area (TPSA) is 21.3 Å². The van der Waals surface area contributed by atoms with Gasteiger partial charge in [-0.15, -0.1) is 0 Å². The van der Waals surface area contributed by atoms with E-state index in [0.29, 0.717) is 5.92 Å². The van der Waals surface area contributed by atoms with E-state index >= 15 is 0 Å². The number of hydrogen-bond acceptors (Lipinski definition) is 2. The summed E-state index contributed by atoms with van der Waals surface area (Å²) in [4.78, 5) is 0. The Morgan fingerprint density at radius 2 is 2.06 bits per heavy atom. The number of nitrogens with one attached hydrogen (secondary N) is 1. The Hall–Kier alpha value is -0.570. The van der Waals surface area contributed by atoms with Crippen molar-refractivity contribution in [2.24, 2.45) is 5.92 Å². The zero-order valence-corrected chi connectivity index (χ0v) is 10.8. The van der Waals surface area contributed by atoms with Crippen LogP contribution in [0.1, 0.15) is 19.4 Å². The van der Waals surface area contributed by atoms with Crippen molar-refractivity contribution < 1.29 is 4.74 Å². The van der Waals surface area contributed by atoms with Crippen LogP contribution in [0.2, 0.25) is 5.02 Å². The van der Waals surface area contributed by atoms with Gasteiger partial charge in [0.2, 0.25) is 0 Å². The Morgan fingerprint density at radius 1 is 1.31 bits per heavy atom.